The number of hydrogen-bond donors (Lipinski definition) is 1. The molecule has 0 saturated carbocycles. The Balaban J connectivity index is 2.07. The van der Waals surface area contributed by atoms with E-state index in [1.165, 1.54) is 31.4 Å². The van der Waals surface area contributed by atoms with Gasteiger partial charge < -0.3 is 19.6 Å². The molecule has 1 unspecified atom stereocenters. The van der Waals surface area contributed by atoms with E-state index in [1.54, 1.807) is 24.3 Å². The summed E-state index contributed by atoms with van der Waals surface area (Å²) in [5.74, 6) is -2.09. The number of esters is 1. The van der Waals surface area contributed by atoms with Crippen LogP contribution in [0.25, 0.3) is 11.0 Å². The molecule has 1 aromatic heterocycles. The number of rotatable bonds is 2. The van der Waals surface area contributed by atoms with Crippen LogP contribution in [0.15, 0.2) is 69.2 Å². The molecule has 0 aliphatic carbocycles. The molecule has 0 bridgehead atoms. The van der Waals surface area contributed by atoms with Gasteiger partial charge in [-0.3, -0.25) is 0 Å². The van der Waals surface area contributed by atoms with Crippen LogP contribution in [0.5, 0.6) is 5.75 Å². The predicted molar refractivity (Wildman–Crippen MR) is 94.6 cm³/mol. The Labute approximate surface area is 152 Å². The van der Waals surface area contributed by atoms with Crippen molar-refractivity contribution in [3.63, 3.8) is 0 Å². The zero-order valence-electron chi connectivity index (χ0n) is 14.2. The molecule has 1 aliphatic rings. The summed E-state index contributed by atoms with van der Waals surface area (Å²) in [4.78, 5) is 25.1. The first-order chi connectivity index (χ1) is 13.0. The Hall–Kier alpha value is -3.61. The summed E-state index contributed by atoms with van der Waals surface area (Å²) >= 11 is 0. The second kappa shape index (κ2) is 6.28. The van der Waals surface area contributed by atoms with Gasteiger partial charge in [-0.25, -0.2) is 14.0 Å². The average molecular weight is 367 g/mol. The maximum atomic E-state index is 13.4. The van der Waals surface area contributed by atoms with E-state index >= 15 is 0 Å². The SMILES string of the molecule is COC(=O)C1=C(N)Oc2c(c(=O)oc3ccccc23)C1c1ccc(F)cc1. The first kappa shape index (κ1) is 16.8. The number of methoxy groups -OCH3 is 1. The predicted octanol–water partition coefficient (Wildman–Crippen LogP) is 2.80. The highest BCUT2D eigenvalue weighted by molar-refractivity contribution is 5.94. The fourth-order valence-corrected chi connectivity index (χ4v) is 3.26. The van der Waals surface area contributed by atoms with Gasteiger partial charge in [0.2, 0.25) is 5.88 Å². The minimum absolute atomic E-state index is 0.0424. The summed E-state index contributed by atoms with van der Waals surface area (Å²) < 4.78 is 29.3. The number of nitrogens with two attached hydrogens (primary N) is 1. The van der Waals surface area contributed by atoms with Crippen molar-refractivity contribution in [2.75, 3.05) is 7.11 Å². The van der Waals surface area contributed by atoms with Gasteiger partial charge in [-0.1, -0.05) is 24.3 Å². The Bertz CT molecular complexity index is 1150. The van der Waals surface area contributed by atoms with Crippen molar-refractivity contribution in [3.8, 4) is 5.75 Å². The molecule has 2 N–H and O–H groups in total. The van der Waals surface area contributed by atoms with E-state index in [0.29, 0.717) is 16.5 Å². The molecule has 0 radical (unpaired) electrons. The van der Waals surface area contributed by atoms with Crippen molar-refractivity contribution in [2.45, 2.75) is 5.92 Å². The highest BCUT2D eigenvalue weighted by Crippen LogP contribution is 2.43. The van der Waals surface area contributed by atoms with Crippen molar-refractivity contribution >= 4 is 16.9 Å². The maximum absolute atomic E-state index is 13.4. The standard InChI is InChI=1S/C20H14FNO5/c1-25-19(23)16-14(10-6-8-11(21)9-7-10)15-17(27-18(16)22)12-4-2-3-5-13(12)26-20(15)24/h2-9,14H,22H2,1H3. The molecule has 2 aromatic carbocycles. The lowest BCUT2D eigenvalue weighted by Crippen LogP contribution is -2.30. The fraction of sp³-hybridized carbons (Fsp3) is 0.100. The third-order valence-electron chi connectivity index (χ3n) is 4.46. The minimum Gasteiger partial charge on any atom is -0.465 e. The van der Waals surface area contributed by atoms with Gasteiger partial charge in [0.05, 0.1) is 24.0 Å². The molecule has 1 atom stereocenters. The highest BCUT2D eigenvalue weighted by Gasteiger charge is 2.39. The van der Waals surface area contributed by atoms with E-state index < -0.39 is 23.3 Å². The number of carbonyl (C=O) groups is 1. The second-order valence-electron chi connectivity index (χ2n) is 5.98. The van der Waals surface area contributed by atoms with Gasteiger partial charge in [0.1, 0.15) is 17.0 Å². The molecule has 0 saturated heterocycles. The van der Waals surface area contributed by atoms with Crippen LogP contribution in [0.1, 0.15) is 17.0 Å². The molecule has 6 nitrogen and oxygen atoms in total. The van der Waals surface area contributed by atoms with Crippen molar-refractivity contribution in [2.24, 2.45) is 5.73 Å². The largest absolute Gasteiger partial charge is 0.465 e. The molecule has 0 fully saturated rings. The van der Waals surface area contributed by atoms with E-state index in [-0.39, 0.29) is 22.8 Å². The maximum Gasteiger partial charge on any atom is 0.344 e. The summed E-state index contributed by atoms with van der Waals surface area (Å²) in [6, 6.07) is 12.2. The van der Waals surface area contributed by atoms with Crippen LogP contribution in [-0.4, -0.2) is 13.1 Å². The zero-order valence-corrected chi connectivity index (χ0v) is 14.2. The number of fused-ring (bicyclic) bond motifs is 3. The van der Waals surface area contributed by atoms with E-state index in [4.69, 9.17) is 19.6 Å². The van der Waals surface area contributed by atoms with Gasteiger partial charge in [-0.2, -0.15) is 0 Å². The number of benzene rings is 2. The van der Waals surface area contributed by atoms with Gasteiger partial charge in [0, 0.05) is 0 Å². The first-order valence-electron chi connectivity index (χ1n) is 8.08. The van der Waals surface area contributed by atoms with Crippen molar-refractivity contribution in [1.29, 1.82) is 0 Å². The van der Waals surface area contributed by atoms with Crippen LogP contribution in [0.4, 0.5) is 4.39 Å². The average Bonchev–Trinajstić information content (AvgIpc) is 2.67. The van der Waals surface area contributed by atoms with Gasteiger partial charge >= 0.3 is 11.6 Å². The highest BCUT2D eigenvalue weighted by atomic mass is 19.1. The molecule has 2 heterocycles. The summed E-state index contributed by atoms with van der Waals surface area (Å²) in [7, 11) is 1.20. The van der Waals surface area contributed by atoms with Crippen molar-refractivity contribution < 1.29 is 23.1 Å². The molecule has 0 spiro atoms. The summed E-state index contributed by atoms with van der Waals surface area (Å²) in [5, 5.41) is 0.533. The van der Waals surface area contributed by atoms with Gasteiger partial charge in [0.25, 0.3) is 0 Å². The second-order valence-corrected chi connectivity index (χ2v) is 5.98. The van der Waals surface area contributed by atoms with Gasteiger partial charge in [0.15, 0.2) is 5.75 Å². The minimum atomic E-state index is -0.914. The number of para-hydroxylation sites is 1. The summed E-state index contributed by atoms with van der Waals surface area (Å²) in [6.07, 6.45) is 0. The first-order valence-corrected chi connectivity index (χ1v) is 8.08. The van der Waals surface area contributed by atoms with Crippen LogP contribution in [0.3, 0.4) is 0 Å². The van der Waals surface area contributed by atoms with E-state index in [2.05, 4.69) is 0 Å². The molecule has 136 valence electrons. The smallest absolute Gasteiger partial charge is 0.344 e. The van der Waals surface area contributed by atoms with Crippen LogP contribution in [0.2, 0.25) is 0 Å². The quantitative estimate of drug-likeness (QED) is 0.553. The van der Waals surface area contributed by atoms with Crippen LogP contribution in [-0.2, 0) is 9.53 Å². The zero-order chi connectivity index (χ0) is 19.1. The Morgan fingerprint density at radius 2 is 1.85 bits per heavy atom. The normalized spacial score (nSPS) is 16.0. The van der Waals surface area contributed by atoms with Crippen LogP contribution >= 0.6 is 0 Å². The van der Waals surface area contributed by atoms with E-state index in [0.717, 1.165) is 0 Å². The lowest BCUT2D eigenvalue weighted by Gasteiger charge is -2.27. The molecule has 0 amide bonds. The van der Waals surface area contributed by atoms with Gasteiger partial charge in [-0.05, 0) is 29.8 Å². The van der Waals surface area contributed by atoms with Crippen LogP contribution < -0.4 is 16.1 Å². The lowest BCUT2D eigenvalue weighted by atomic mass is 9.83. The Kier molecular flexibility index (Phi) is 3.92. The van der Waals surface area contributed by atoms with Gasteiger partial charge in [-0.15, -0.1) is 0 Å². The van der Waals surface area contributed by atoms with E-state index in [9.17, 15) is 14.0 Å². The topological polar surface area (TPSA) is 91.8 Å². The monoisotopic (exact) mass is 367 g/mol. The molecule has 1 aliphatic heterocycles. The van der Waals surface area contributed by atoms with Crippen LogP contribution in [0, 0.1) is 5.82 Å². The number of ether oxygens (including phenoxy) is 2. The number of hydrogen-bond acceptors (Lipinski definition) is 6. The molecule has 4 rings (SSSR count). The lowest BCUT2D eigenvalue weighted by molar-refractivity contribution is -0.136. The number of halogens is 1. The molecular weight excluding hydrogens is 353 g/mol. The third kappa shape index (κ3) is 2.64. The summed E-state index contributed by atoms with van der Waals surface area (Å²) in [6.45, 7) is 0. The fourth-order valence-electron chi connectivity index (χ4n) is 3.26. The molecule has 3 aromatic rings. The summed E-state index contributed by atoms with van der Waals surface area (Å²) in [5.41, 5.74) is 6.21. The third-order valence-corrected chi connectivity index (χ3v) is 4.46. The number of carbonyl (C=O) groups excluding carboxylic acids is 1. The van der Waals surface area contributed by atoms with E-state index in [1.807, 2.05) is 0 Å². The Morgan fingerprint density at radius 3 is 2.56 bits per heavy atom. The molecule has 27 heavy (non-hydrogen) atoms. The van der Waals surface area contributed by atoms with Crippen molar-refractivity contribution in [3.05, 3.63) is 87.4 Å². The van der Waals surface area contributed by atoms with Crippen molar-refractivity contribution in [1.82, 2.24) is 0 Å². The Morgan fingerprint density at radius 1 is 1.15 bits per heavy atom. The molecular formula is C20H14FNO5. The molecule has 7 heteroatoms.